The summed E-state index contributed by atoms with van der Waals surface area (Å²) in [5.74, 6) is -0.187. The van der Waals surface area contributed by atoms with Crippen LogP contribution in [0.5, 0.6) is 5.75 Å². The molecule has 8 nitrogen and oxygen atoms in total. The van der Waals surface area contributed by atoms with Crippen LogP contribution in [0.15, 0.2) is 65.7 Å². The van der Waals surface area contributed by atoms with Crippen molar-refractivity contribution in [3.05, 3.63) is 87.3 Å². The number of unbranched alkanes of at least 4 members (excludes halogenated alkanes) is 1. The van der Waals surface area contributed by atoms with Gasteiger partial charge in [0.1, 0.15) is 35.2 Å². The fourth-order valence-electron chi connectivity index (χ4n) is 3.83. The van der Waals surface area contributed by atoms with Gasteiger partial charge in [-0.1, -0.05) is 43.7 Å². The van der Waals surface area contributed by atoms with Crippen LogP contribution >= 0.6 is 11.3 Å². The minimum absolute atomic E-state index is 0.0683. The zero-order valence-corrected chi connectivity index (χ0v) is 21.7. The predicted octanol–water partition coefficient (Wildman–Crippen LogP) is 4.98. The number of hydrogen-bond acceptors (Lipinski definition) is 7. The minimum atomic E-state index is -0.539. The number of thiophene rings is 1. The number of aryl methyl sites for hydroxylation is 2. The molecule has 0 unspecified atom stereocenters. The number of hydrogen-bond donors (Lipinski definition) is 1. The van der Waals surface area contributed by atoms with Crippen molar-refractivity contribution in [3.63, 3.8) is 0 Å². The molecule has 2 aromatic heterocycles. The van der Waals surface area contributed by atoms with Crippen LogP contribution in [-0.4, -0.2) is 34.6 Å². The van der Waals surface area contributed by atoms with Gasteiger partial charge in [0, 0.05) is 5.69 Å². The van der Waals surface area contributed by atoms with Gasteiger partial charge in [-0.25, -0.2) is 9.78 Å². The third kappa shape index (κ3) is 6.62. The summed E-state index contributed by atoms with van der Waals surface area (Å²) < 4.78 is 12.1. The highest BCUT2D eigenvalue weighted by atomic mass is 32.1. The maximum atomic E-state index is 13.1. The molecule has 9 heteroatoms. The first-order valence-electron chi connectivity index (χ1n) is 12.2. The maximum Gasteiger partial charge on any atom is 0.348 e. The molecule has 1 N–H and O–H groups in total. The number of amides is 1. The molecular weight excluding hydrogens is 490 g/mol. The molecule has 2 heterocycles. The molecule has 0 bridgehead atoms. The molecule has 0 radical (unpaired) electrons. The Kier molecular flexibility index (Phi) is 8.68. The van der Waals surface area contributed by atoms with Crippen LogP contribution in [0.25, 0.3) is 10.2 Å². The standard InChI is InChI=1S/C28H29N3O5S/c1-3-4-8-20-11-13-21(14-12-20)30-23(32)17-31-18-29-26-24(27(31)33)19(2)25(37-26)28(34)36-16-15-35-22-9-6-5-7-10-22/h5-7,9-14,18H,3-4,8,15-17H2,1-2H3,(H,30,32). The molecular formula is C28H29N3O5S. The fraction of sp³-hybridized carbons (Fsp3) is 0.286. The number of carbonyl (C=O) groups excluding carboxylic acids is 2. The second kappa shape index (κ2) is 12.3. The molecule has 4 aromatic rings. The number of esters is 1. The molecule has 0 saturated heterocycles. The van der Waals surface area contributed by atoms with Gasteiger partial charge in [-0.3, -0.25) is 14.2 Å². The monoisotopic (exact) mass is 519 g/mol. The van der Waals surface area contributed by atoms with Gasteiger partial charge in [-0.15, -0.1) is 11.3 Å². The summed E-state index contributed by atoms with van der Waals surface area (Å²) >= 11 is 1.10. The second-order valence-electron chi connectivity index (χ2n) is 8.56. The minimum Gasteiger partial charge on any atom is -0.490 e. The zero-order chi connectivity index (χ0) is 26.2. The van der Waals surface area contributed by atoms with E-state index >= 15 is 0 Å². The summed E-state index contributed by atoms with van der Waals surface area (Å²) in [7, 11) is 0. The fourth-order valence-corrected chi connectivity index (χ4v) is 4.87. The van der Waals surface area contributed by atoms with Crippen LogP contribution in [0, 0.1) is 6.92 Å². The topological polar surface area (TPSA) is 99.5 Å². The van der Waals surface area contributed by atoms with E-state index in [0.717, 1.165) is 30.6 Å². The number of aromatic nitrogens is 2. The van der Waals surface area contributed by atoms with Gasteiger partial charge < -0.3 is 14.8 Å². The van der Waals surface area contributed by atoms with E-state index in [9.17, 15) is 14.4 Å². The number of fused-ring (bicyclic) bond motifs is 1. The molecule has 0 fully saturated rings. The first-order chi connectivity index (χ1) is 18.0. The number of nitrogens with one attached hydrogen (secondary N) is 1. The highest BCUT2D eigenvalue weighted by Gasteiger charge is 2.21. The average Bonchev–Trinajstić information content (AvgIpc) is 3.25. The molecule has 37 heavy (non-hydrogen) atoms. The van der Waals surface area contributed by atoms with Crippen molar-refractivity contribution in [1.82, 2.24) is 9.55 Å². The number of anilines is 1. The normalized spacial score (nSPS) is 10.9. The Morgan fingerprint density at radius 2 is 1.81 bits per heavy atom. The number of nitrogens with zero attached hydrogens (tertiary/aromatic N) is 2. The Bertz CT molecular complexity index is 1430. The van der Waals surface area contributed by atoms with E-state index in [1.54, 1.807) is 6.92 Å². The van der Waals surface area contributed by atoms with E-state index in [4.69, 9.17) is 9.47 Å². The SMILES string of the molecule is CCCCc1ccc(NC(=O)Cn2cnc3sc(C(=O)OCCOc4ccccc4)c(C)c3c2=O)cc1. The smallest absolute Gasteiger partial charge is 0.348 e. The first kappa shape index (κ1) is 26.1. The highest BCUT2D eigenvalue weighted by Crippen LogP contribution is 2.27. The van der Waals surface area contributed by atoms with Gasteiger partial charge >= 0.3 is 5.97 Å². The first-order valence-corrected chi connectivity index (χ1v) is 13.0. The molecule has 0 aliphatic carbocycles. The molecule has 0 aliphatic heterocycles. The molecule has 1 amide bonds. The highest BCUT2D eigenvalue weighted by molar-refractivity contribution is 7.20. The lowest BCUT2D eigenvalue weighted by atomic mass is 10.1. The Balaban J connectivity index is 1.38. The van der Waals surface area contributed by atoms with Crippen LogP contribution in [0.3, 0.4) is 0 Å². The van der Waals surface area contributed by atoms with Gasteiger partial charge in [0.05, 0.1) is 11.7 Å². The van der Waals surface area contributed by atoms with E-state index < -0.39 is 5.97 Å². The van der Waals surface area contributed by atoms with Crippen molar-refractivity contribution in [1.29, 1.82) is 0 Å². The van der Waals surface area contributed by atoms with Gasteiger partial charge in [-0.2, -0.15) is 0 Å². The van der Waals surface area contributed by atoms with E-state index in [2.05, 4.69) is 17.2 Å². The molecule has 0 atom stereocenters. The summed E-state index contributed by atoms with van der Waals surface area (Å²) in [6.45, 7) is 3.92. The summed E-state index contributed by atoms with van der Waals surface area (Å²) in [6, 6.07) is 16.9. The molecule has 0 spiro atoms. The Morgan fingerprint density at radius 3 is 2.54 bits per heavy atom. The van der Waals surface area contributed by atoms with Crippen LogP contribution in [0.1, 0.15) is 40.6 Å². The Morgan fingerprint density at radius 1 is 1.05 bits per heavy atom. The van der Waals surface area contributed by atoms with Crippen LogP contribution in [0.4, 0.5) is 5.69 Å². The van der Waals surface area contributed by atoms with Crippen molar-refractivity contribution in [2.75, 3.05) is 18.5 Å². The van der Waals surface area contributed by atoms with Gasteiger partial charge in [0.25, 0.3) is 5.56 Å². The van der Waals surface area contributed by atoms with Crippen LogP contribution in [-0.2, 0) is 22.5 Å². The van der Waals surface area contributed by atoms with E-state index in [1.165, 1.54) is 16.5 Å². The Labute approximate surface area is 218 Å². The summed E-state index contributed by atoms with van der Waals surface area (Å²) in [5.41, 5.74) is 2.00. The number of para-hydroxylation sites is 1. The van der Waals surface area contributed by atoms with Crippen molar-refractivity contribution in [2.45, 2.75) is 39.7 Å². The third-order valence-corrected chi connectivity index (χ3v) is 6.98. The van der Waals surface area contributed by atoms with Gasteiger partial charge in [0.15, 0.2) is 0 Å². The lowest BCUT2D eigenvalue weighted by Gasteiger charge is -2.08. The van der Waals surface area contributed by atoms with Crippen molar-refractivity contribution < 1.29 is 19.1 Å². The summed E-state index contributed by atoms with van der Waals surface area (Å²) in [6.07, 6.45) is 4.58. The number of carbonyl (C=O) groups is 2. The number of ether oxygens (including phenoxy) is 2. The van der Waals surface area contributed by atoms with Crippen LogP contribution in [0.2, 0.25) is 0 Å². The summed E-state index contributed by atoms with van der Waals surface area (Å²) in [4.78, 5) is 43.4. The second-order valence-corrected chi connectivity index (χ2v) is 9.56. The van der Waals surface area contributed by atoms with Crippen molar-refractivity contribution in [2.24, 2.45) is 0 Å². The maximum absolute atomic E-state index is 13.1. The average molecular weight is 520 g/mol. The largest absolute Gasteiger partial charge is 0.490 e. The molecule has 4 rings (SSSR count). The molecule has 2 aromatic carbocycles. The summed E-state index contributed by atoms with van der Waals surface area (Å²) in [5, 5.41) is 3.13. The number of benzene rings is 2. The van der Waals surface area contributed by atoms with Crippen molar-refractivity contribution in [3.8, 4) is 5.75 Å². The van der Waals surface area contributed by atoms with E-state index in [1.807, 2.05) is 54.6 Å². The Hall–Kier alpha value is -3.98. The molecule has 0 saturated carbocycles. The lowest BCUT2D eigenvalue weighted by molar-refractivity contribution is -0.116. The third-order valence-electron chi connectivity index (χ3n) is 5.80. The molecule has 192 valence electrons. The zero-order valence-electron chi connectivity index (χ0n) is 20.9. The predicted molar refractivity (Wildman–Crippen MR) is 145 cm³/mol. The van der Waals surface area contributed by atoms with Gasteiger partial charge in [-0.05, 0) is 55.2 Å². The van der Waals surface area contributed by atoms with E-state index in [-0.39, 0.29) is 31.2 Å². The van der Waals surface area contributed by atoms with Crippen LogP contribution < -0.4 is 15.6 Å². The molecule has 0 aliphatic rings. The lowest BCUT2D eigenvalue weighted by Crippen LogP contribution is -2.27. The number of rotatable bonds is 11. The van der Waals surface area contributed by atoms with Crippen molar-refractivity contribution >= 4 is 39.1 Å². The van der Waals surface area contributed by atoms with E-state index in [0.29, 0.717) is 32.1 Å². The van der Waals surface area contributed by atoms with Gasteiger partial charge in [0.2, 0.25) is 5.91 Å². The quantitative estimate of drug-likeness (QED) is 0.222.